The fraction of sp³-hybridized carbons (Fsp3) is 0.407. The molecule has 1 atom stereocenters. The molecule has 1 aromatic carbocycles. The number of hydrogen-bond donors (Lipinski definition) is 2. The molecule has 0 heterocycles. The fourth-order valence-corrected chi connectivity index (χ4v) is 3.77. The quantitative estimate of drug-likeness (QED) is 0.249. The molecule has 1 aromatic rings. The molecule has 0 aromatic heterocycles. The van der Waals surface area contributed by atoms with Crippen molar-refractivity contribution in [2.75, 3.05) is 17.2 Å². The SMILES string of the molecule is C/C=C\C1=C(C)CC=C1CC(C)Nc1c(NCCC/C=C/C=C(C)\C=C/C)c(=O)c1=O. The van der Waals surface area contributed by atoms with E-state index in [1.54, 1.807) is 0 Å². The van der Waals surface area contributed by atoms with Crippen LogP contribution < -0.4 is 21.5 Å². The number of rotatable bonds is 12. The highest BCUT2D eigenvalue weighted by Gasteiger charge is 2.23. The summed E-state index contributed by atoms with van der Waals surface area (Å²) in [5, 5.41) is 6.42. The molecule has 0 spiro atoms. The Bertz CT molecular complexity index is 1010. The zero-order valence-corrected chi connectivity index (χ0v) is 19.5. The summed E-state index contributed by atoms with van der Waals surface area (Å²) in [5.41, 5.74) is 5.22. The molecule has 0 radical (unpaired) electrons. The summed E-state index contributed by atoms with van der Waals surface area (Å²) in [4.78, 5) is 24.1. The number of unbranched alkanes of at least 4 members (excludes halogenated alkanes) is 1. The highest BCUT2D eigenvalue weighted by molar-refractivity contribution is 5.74. The summed E-state index contributed by atoms with van der Waals surface area (Å²) in [6.07, 6.45) is 20.4. The summed E-state index contributed by atoms with van der Waals surface area (Å²) in [7, 11) is 0. The van der Waals surface area contributed by atoms with E-state index in [9.17, 15) is 9.59 Å². The Morgan fingerprint density at radius 2 is 1.90 bits per heavy atom. The molecule has 0 bridgehead atoms. The van der Waals surface area contributed by atoms with Crippen LogP contribution in [0.1, 0.15) is 60.3 Å². The molecule has 0 saturated carbocycles. The Labute approximate surface area is 186 Å². The predicted octanol–water partition coefficient (Wildman–Crippen LogP) is 5.97. The molecule has 4 nitrogen and oxygen atoms in total. The molecular formula is C27H36N2O2. The summed E-state index contributed by atoms with van der Waals surface area (Å²) in [6.45, 7) is 11.0. The van der Waals surface area contributed by atoms with Crippen LogP contribution in [0.15, 0.2) is 80.5 Å². The number of allylic oxidation sites excluding steroid dienone is 11. The second-order valence-corrected chi connectivity index (χ2v) is 8.19. The van der Waals surface area contributed by atoms with Gasteiger partial charge in [-0.2, -0.15) is 0 Å². The average molecular weight is 421 g/mol. The number of nitrogens with one attached hydrogen (secondary N) is 2. The van der Waals surface area contributed by atoms with Crippen molar-refractivity contribution in [3.05, 3.63) is 91.3 Å². The molecule has 0 aliphatic heterocycles. The van der Waals surface area contributed by atoms with Gasteiger partial charge in [0.2, 0.25) is 0 Å². The Balaban J connectivity index is 1.85. The molecule has 1 unspecified atom stereocenters. The summed E-state index contributed by atoms with van der Waals surface area (Å²) < 4.78 is 0. The topological polar surface area (TPSA) is 58.2 Å². The molecule has 2 rings (SSSR count). The minimum absolute atomic E-state index is 0.0661. The van der Waals surface area contributed by atoms with Gasteiger partial charge in [-0.15, -0.1) is 0 Å². The van der Waals surface area contributed by atoms with Crippen molar-refractivity contribution in [3.8, 4) is 0 Å². The van der Waals surface area contributed by atoms with Crippen LogP contribution in [0.25, 0.3) is 0 Å². The van der Waals surface area contributed by atoms with Crippen molar-refractivity contribution in [2.45, 2.75) is 66.3 Å². The van der Waals surface area contributed by atoms with Crippen molar-refractivity contribution < 1.29 is 0 Å². The van der Waals surface area contributed by atoms with Crippen LogP contribution in [0.2, 0.25) is 0 Å². The van der Waals surface area contributed by atoms with E-state index in [0.29, 0.717) is 17.9 Å². The van der Waals surface area contributed by atoms with E-state index >= 15 is 0 Å². The Morgan fingerprint density at radius 3 is 2.61 bits per heavy atom. The number of hydrogen-bond acceptors (Lipinski definition) is 4. The lowest BCUT2D eigenvalue weighted by molar-refractivity contribution is 0.786. The summed E-state index contributed by atoms with van der Waals surface area (Å²) in [5.74, 6) is 0. The normalized spacial score (nSPS) is 16.3. The van der Waals surface area contributed by atoms with Crippen molar-refractivity contribution in [2.24, 2.45) is 0 Å². The highest BCUT2D eigenvalue weighted by Crippen LogP contribution is 2.31. The maximum absolute atomic E-state index is 12.1. The van der Waals surface area contributed by atoms with Gasteiger partial charge in [0.15, 0.2) is 0 Å². The third-order valence-electron chi connectivity index (χ3n) is 5.40. The lowest BCUT2D eigenvalue weighted by Crippen LogP contribution is -2.39. The van der Waals surface area contributed by atoms with E-state index in [-0.39, 0.29) is 6.04 Å². The maximum atomic E-state index is 12.1. The standard InChI is InChI=1S/C27H36N2O2/c1-6-12-19(3)14-10-8-9-11-17-28-24-25(27(31)26(24)30)29-21(5)18-22-16-15-20(4)23(22)13-7-2/h6-8,10,12-14,16,21,28-29H,9,11,15,17-18H2,1-5H3/b10-8+,12-6-,13-7-,19-14-. The van der Waals surface area contributed by atoms with Gasteiger partial charge in [0.25, 0.3) is 10.9 Å². The molecule has 0 fully saturated rings. The van der Waals surface area contributed by atoms with E-state index in [1.807, 2.05) is 19.9 Å². The molecule has 0 saturated heterocycles. The second kappa shape index (κ2) is 12.1. The van der Waals surface area contributed by atoms with Crippen LogP contribution in [0, 0.1) is 0 Å². The summed E-state index contributed by atoms with van der Waals surface area (Å²) >= 11 is 0. The van der Waals surface area contributed by atoms with Crippen LogP contribution in [0.5, 0.6) is 0 Å². The first kappa shape index (κ1) is 24.4. The Morgan fingerprint density at radius 1 is 1.16 bits per heavy atom. The van der Waals surface area contributed by atoms with Crippen LogP contribution in [0.3, 0.4) is 0 Å². The average Bonchev–Trinajstić information content (AvgIpc) is 3.08. The van der Waals surface area contributed by atoms with Gasteiger partial charge in [-0.3, -0.25) is 9.59 Å². The number of anilines is 2. The smallest absolute Gasteiger partial charge is 0.253 e. The molecule has 31 heavy (non-hydrogen) atoms. The molecule has 166 valence electrons. The van der Waals surface area contributed by atoms with E-state index in [2.05, 4.69) is 73.9 Å². The predicted molar refractivity (Wildman–Crippen MR) is 135 cm³/mol. The molecule has 4 heteroatoms. The monoisotopic (exact) mass is 420 g/mol. The Hall–Kier alpha value is -2.88. The summed E-state index contributed by atoms with van der Waals surface area (Å²) in [6, 6.07) is 0.0661. The van der Waals surface area contributed by atoms with Crippen LogP contribution in [-0.4, -0.2) is 12.6 Å². The molecule has 1 aliphatic carbocycles. The first-order chi connectivity index (χ1) is 14.9. The van der Waals surface area contributed by atoms with Gasteiger partial charge in [0.1, 0.15) is 11.4 Å². The molecule has 1 aliphatic rings. The third kappa shape index (κ3) is 6.81. The van der Waals surface area contributed by atoms with Gasteiger partial charge in [-0.1, -0.05) is 59.8 Å². The van der Waals surface area contributed by atoms with Crippen LogP contribution >= 0.6 is 0 Å². The van der Waals surface area contributed by atoms with Gasteiger partial charge in [0, 0.05) is 12.6 Å². The van der Waals surface area contributed by atoms with Gasteiger partial charge in [0.05, 0.1) is 0 Å². The van der Waals surface area contributed by atoms with Gasteiger partial charge < -0.3 is 10.6 Å². The minimum atomic E-state index is -0.417. The van der Waals surface area contributed by atoms with Crippen molar-refractivity contribution in [1.82, 2.24) is 0 Å². The lowest BCUT2D eigenvalue weighted by Gasteiger charge is -2.20. The lowest BCUT2D eigenvalue weighted by atomic mass is 9.99. The van der Waals surface area contributed by atoms with Crippen LogP contribution in [0.4, 0.5) is 11.4 Å². The molecule has 0 amide bonds. The van der Waals surface area contributed by atoms with E-state index < -0.39 is 10.9 Å². The molecular weight excluding hydrogens is 384 g/mol. The van der Waals surface area contributed by atoms with Gasteiger partial charge in [-0.25, -0.2) is 0 Å². The third-order valence-corrected chi connectivity index (χ3v) is 5.40. The molecule has 2 N–H and O–H groups in total. The first-order valence-electron chi connectivity index (χ1n) is 11.2. The zero-order valence-electron chi connectivity index (χ0n) is 19.5. The second-order valence-electron chi connectivity index (χ2n) is 8.19. The van der Waals surface area contributed by atoms with Gasteiger partial charge >= 0.3 is 0 Å². The van der Waals surface area contributed by atoms with Crippen molar-refractivity contribution >= 4 is 11.4 Å². The van der Waals surface area contributed by atoms with Crippen LogP contribution in [-0.2, 0) is 0 Å². The maximum Gasteiger partial charge on any atom is 0.253 e. The van der Waals surface area contributed by atoms with Crippen molar-refractivity contribution in [3.63, 3.8) is 0 Å². The minimum Gasteiger partial charge on any atom is -0.380 e. The van der Waals surface area contributed by atoms with E-state index in [4.69, 9.17) is 0 Å². The largest absolute Gasteiger partial charge is 0.380 e. The van der Waals surface area contributed by atoms with Crippen molar-refractivity contribution in [1.29, 1.82) is 0 Å². The Kier molecular flexibility index (Phi) is 9.51. The first-order valence-corrected chi connectivity index (χ1v) is 11.2. The highest BCUT2D eigenvalue weighted by atomic mass is 16.2. The van der Waals surface area contributed by atoms with Gasteiger partial charge in [-0.05, 0) is 71.4 Å². The van der Waals surface area contributed by atoms with E-state index in [1.165, 1.54) is 22.3 Å². The zero-order chi connectivity index (χ0) is 22.8. The fourth-order valence-electron chi connectivity index (χ4n) is 3.77. The van der Waals surface area contributed by atoms with E-state index in [0.717, 1.165) is 25.7 Å².